The van der Waals surface area contributed by atoms with Gasteiger partial charge in [-0.15, -0.1) is 0 Å². The molecule has 4 heteroatoms. The van der Waals surface area contributed by atoms with Gasteiger partial charge in [0.05, 0.1) is 18.9 Å². The smallest absolute Gasteiger partial charge is 0.123 e. The summed E-state index contributed by atoms with van der Waals surface area (Å²) in [6.45, 7) is 3.05. The number of hydrogen-bond acceptors (Lipinski definition) is 4. The molecule has 0 saturated carbocycles. The van der Waals surface area contributed by atoms with Gasteiger partial charge in [0.25, 0.3) is 0 Å². The van der Waals surface area contributed by atoms with Crippen LogP contribution < -0.4 is 4.74 Å². The number of rotatable bonds is 6. The lowest BCUT2D eigenvalue weighted by atomic mass is 9.99. The van der Waals surface area contributed by atoms with Crippen LogP contribution in [0.4, 0.5) is 0 Å². The highest BCUT2D eigenvalue weighted by atomic mass is 16.5. The van der Waals surface area contributed by atoms with Gasteiger partial charge < -0.3 is 14.3 Å². The van der Waals surface area contributed by atoms with Gasteiger partial charge in [0.2, 0.25) is 0 Å². The quantitative estimate of drug-likeness (QED) is 0.708. The number of aryl methyl sites for hydroxylation is 1. The van der Waals surface area contributed by atoms with E-state index in [2.05, 4.69) is 23.1 Å². The molecule has 1 aromatic heterocycles. The van der Waals surface area contributed by atoms with Crippen molar-refractivity contribution in [2.45, 2.75) is 32.0 Å². The number of benzene rings is 2. The van der Waals surface area contributed by atoms with E-state index in [1.807, 2.05) is 42.5 Å². The molecule has 0 bridgehead atoms. The highest BCUT2D eigenvalue weighted by molar-refractivity contribution is 5.38. The first-order valence-corrected chi connectivity index (χ1v) is 9.50. The van der Waals surface area contributed by atoms with Gasteiger partial charge in [-0.05, 0) is 48.2 Å². The molecule has 4 rings (SSSR count). The summed E-state index contributed by atoms with van der Waals surface area (Å²) in [5.74, 6) is 1.87. The summed E-state index contributed by atoms with van der Waals surface area (Å²) in [5, 5.41) is 10.7. The highest BCUT2D eigenvalue weighted by Crippen LogP contribution is 2.29. The van der Waals surface area contributed by atoms with E-state index in [4.69, 9.17) is 9.15 Å². The van der Waals surface area contributed by atoms with Crippen LogP contribution in [0.15, 0.2) is 71.3 Å². The lowest BCUT2D eigenvalue weighted by molar-refractivity contribution is 0.167. The maximum Gasteiger partial charge on any atom is 0.123 e. The number of nitrogens with zero attached hydrogens (tertiary/aromatic N) is 1. The van der Waals surface area contributed by atoms with E-state index >= 15 is 0 Å². The minimum atomic E-state index is -0.475. The summed E-state index contributed by atoms with van der Waals surface area (Å²) < 4.78 is 11.4. The van der Waals surface area contributed by atoms with Crippen molar-refractivity contribution in [3.63, 3.8) is 0 Å². The molecule has 27 heavy (non-hydrogen) atoms. The highest BCUT2D eigenvalue weighted by Gasteiger charge is 2.18. The second-order valence-electron chi connectivity index (χ2n) is 7.05. The lowest BCUT2D eigenvalue weighted by Gasteiger charge is -2.18. The van der Waals surface area contributed by atoms with Crippen LogP contribution in [0, 0.1) is 0 Å². The van der Waals surface area contributed by atoms with E-state index < -0.39 is 6.10 Å². The van der Waals surface area contributed by atoms with Crippen LogP contribution >= 0.6 is 0 Å². The van der Waals surface area contributed by atoms with E-state index in [1.165, 1.54) is 5.56 Å². The van der Waals surface area contributed by atoms with Crippen LogP contribution in [-0.4, -0.2) is 23.2 Å². The third-order valence-corrected chi connectivity index (χ3v) is 5.04. The molecule has 0 radical (unpaired) electrons. The summed E-state index contributed by atoms with van der Waals surface area (Å²) >= 11 is 0. The molecular formula is C23H25NO3. The Morgan fingerprint density at radius 1 is 1.04 bits per heavy atom. The molecule has 0 aliphatic carbocycles. The van der Waals surface area contributed by atoms with Crippen molar-refractivity contribution in [3.8, 4) is 5.75 Å². The van der Waals surface area contributed by atoms with Crippen LogP contribution in [0.2, 0.25) is 0 Å². The number of furan rings is 1. The minimum absolute atomic E-state index is 0.475. The second-order valence-corrected chi connectivity index (χ2v) is 7.05. The molecule has 2 aromatic carbocycles. The minimum Gasteiger partial charge on any atom is -0.492 e. The van der Waals surface area contributed by atoms with E-state index in [9.17, 15) is 5.11 Å². The third-order valence-electron chi connectivity index (χ3n) is 5.04. The Bertz CT molecular complexity index is 845. The lowest BCUT2D eigenvalue weighted by Crippen LogP contribution is -2.25. The molecular weight excluding hydrogens is 338 g/mol. The fourth-order valence-corrected chi connectivity index (χ4v) is 3.55. The molecule has 0 saturated heterocycles. The molecule has 1 aliphatic rings. The zero-order chi connectivity index (χ0) is 18.5. The number of hydrogen-bond donors (Lipinski definition) is 1. The summed E-state index contributed by atoms with van der Waals surface area (Å²) in [6.07, 6.45) is 2.80. The molecule has 0 fully saturated rings. The molecule has 1 aliphatic heterocycles. The molecule has 2 heterocycles. The van der Waals surface area contributed by atoms with Gasteiger partial charge in [-0.1, -0.05) is 36.4 Å². The monoisotopic (exact) mass is 363 g/mol. The van der Waals surface area contributed by atoms with Crippen LogP contribution in [0.5, 0.6) is 5.75 Å². The fraction of sp³-hybridized carbons (Fsp3) is 0.304. The largest absolute Gasteiger partial charge is 0.492 e. The van der Waals surface area contributed by atoms with Crippen molar-refractivity contribution in [2.24, 2.45) is 0 Å². The normalized spacial score (nSPS) is 15.6. The first kappa shape index (κ1) is 17.8. The predicted molar refractivity (Wildman–Crippen MR) is 104 cm³/mol. The third kappa shape index (κ3) is 4.59. The predicted octanol–water partition coefficient (Wildman–Crippen LogP) is 4.34. The number of ether oxygens (including phenoxy) is 1. The maximum atomic E-state index is 10.7. The molecule has 140 valence electrons. The molecule has 1 N–H and O–H groups in total. The first-order valence-electron chi connectivity index (χ1n) is 9.50. The van der Waals surface area contributed by atoms with Gasteiger partial charge in [0.1, 0.15) is 18.1 Å². The van der Waals surface area contributed by atoms with Crippen LogP contribution in [0.25, 0.3) is 0 Å². The Morgan fingerprint density at radius 3 is 2.74 bits per heavy atom. The SMILES string of the molecule is O[C@@H](CCc1ccccc1)c1ccc2c(c1)CN(Cc1ccco1)CCO2. The number of aliphatic hydroxyl groups excluding tert-OH is 1. The van der Waals surface area contributed by atoms with Crippen LogP contribution in [0.3, 0.4) is 0 Å². The van der Waals surface area contributed by atoms with Crippen molar-refractivity contribution < 1.29 is 14.3 Å². The van der Waals surface area contributed by atoms with Crippen molar-refractivity contribution in [3.05, 3.63) is 89.4 Å². The molecule has 0 amide bonds. The Labute approximate surface area is 160 Å². The second kappa shape index (κ2) is 8.42. The Kier molecular flexibility index (Phi) is 5.56. The van der Waals surface area contributed by atoms with Gasteiger partial charge in [-0.2, -0.15) is 0 Å². The first-order chi connectivity index (χ1) is 13.3. The molecule has 3 aromatic rings. The summed E-state index contributed by atoms with van der Waals surface area (Å²) in [6, 6.07) is 20.3. The zero-order valence-corrected chi connectivity index (χ0v) is 15.4. The molecule has 0 unspecified atom stereocenters. The summed E-state index contributed by atoms with van der Waals surface area (Å²) in [7, 11) is 0. The van der Waals surface area contributed by atoms with Crippen LogP contribution in [0.1, 0.15) is 35.0 Å². The summed E-state index contributed by atoms with van der Waals surface area (Å²) in [4.78, 5) is 2.31. The van der Waals surface area contributed by atoms with Crippen LogP contribution in [-0.2, 0) is 19.5 Å². The average Bonchev–Trinajstić information content (AvgIpc) is 3.12. The van der Waals surface area contributed by atoms with Crippen molar-refractivity contribution in [2.75, 3.05) is 13.2 Å². The fourth-order valence-electron chi connectivity index (χ4n) is 3.55. The van der Waals surface area contributed by atoms with Gasteiger partial charge >= 0.3 is 0 Å². The van der Waals surface area contributed by atoms with Crippen molar-refractivity contribution >= 4 is 0 Å². The number of aliphatic hydroxyl groups is 1. The van der Waals surface area contributed by atoms with E-state index in [1.54, 1.807) is 6.26 Å². The zero-order valence-electron chi connectivity index (χ0n) is 15.4. The van der Waals surface area contributed by atoms with Crippen molar-refractivity contribution in [1.82, 2.24) is 4.90 Å². The molecule has 1 atom stereocenters. The van der Waals surface area contributed by atoms with Gasteiger partial charge in [-0.3, -0.25) is 4.90 Å². The Morgan fingerprint density at radius 2 is 1.93 bits per heavy atom. The summed E-state index contributed by atoms with van der Waals surface area (Å²) in [5.41, 5.74) is 3.32. The number of fused-ring (bicyclic) bond motifs is 1. The van der Waals surface area contributed by atoms with E-state index in [0.29, 0.717) is 13.0 Å². The average molecular weight is 363 g/mol. The topological polar surface area (TPSA) is 45.8 Å². The molecule has 4 nitrogen and oxygen atoms in total. The van der Waals surface area contributed by atoms with E-state index in [-0.39, 0.29) is 0 Å². The Balaban J connectivity index is 1.44. The maximum absolute atomic E-state index is 10.7. The standard InChI is InChI=1S/C23H25NO3/c25-22(10-8-18-5-2-1-3-6-18)19-9-11-23-20(15-19)16-24(12-14-27-23)17-21-7-4-13-26-21/h1-7,9,11,13,15,22,25H,8,10,12,14,16-17H2/t22-/m0/s1. The van der Waals surface area contributed by atoms with Gasteiger partial charge in [-0.25, -0.2) is 0 Å². The van der Waals surface area contributed by atoms with Gasteiger partial charge in [0, 0.05) is 18.7 Å². The van der Waals surface area contributed by atoms with Crippen molar-refractivity contribution in [1.29, 1.82) is 0 Å². The van der Waals surface area contributed by atoms with Gasteiger partial charge in [0.15, 0.2) is 0 Å². The van der Waals surface area contributed by atoms with E-state index in [0.717, 1.165) is 48.7 Å². The molecule has 0 spiro atoms. The Hall–Kier alpha value is -2.56.